The molecule has 3 aromatic carbocycles. The molecule has 4 nitrogen and oxygen atoms in total. The zero-order chi connectivity index (χ0) is 18.4. The molecule has 0 atom stereocenters. The lowest BCUT2D eigenvalue weighted by molar-refractivity contribution is 0.306. The Morgan fingerprint density at radius 1 is 1.12 bits per heavy atom. The third-order valence-electron chi connectivity index (χ3n) is 3.83. The molecule has 0 saturated carbocycles. The number of rotatable bonds is 5. The molecule has 0 aromatic heterocycles. The zero-order valence-corrected chi connectivity index (χ0v) is 15.0. The van der Waals surface area contributed by atoms with Crippen LogP contribution in [0.1, 0.15) is 11.1 Å². The number of nitrogens with one attached hydrogen (secondary N) is 2. The molecular formula is C20H18FN3OS. The molecule has 0 radical (unpaired) electrons. The number of fused-ring (bicyclic) bond motifs is 1. The minimum Gasteiger partial charge on any atom is -0.488 e. The first-order valence-corrected chi connectivity index (χ1v) is 8.48. The van der Waals surface area contributed by atoms with E-state index < -0.39 is 0 Å². The van der Waals surface area contributed by atoms with E-state index in [1.165, 1.54) is 12.1 Å². The lowest BCUT2D eigenvalue weighted by Crippen LogP contribution is -2.28. The molecule has 0 aliphatic carbocycles. The van der Waals surface area contributed by atoms with Gasteiger partial charge >= 0.3 is 0 Å². The van der Waals surface area contributed by atoms with E-state index in [2.05, 4.69) is 15.8 Å². The summed E-state index contributed by atoms with van der Waals surface area (Å²) in [6.45, 7) is 0.335. The SMILES string of the molecule is CNC(=S)NN=Cc1c(OCc2ccc(F)cc2)ccc2ccccc12. The molecule has 3 aromatic rings. The van der Waals surface area contributed by atoms with Gasteiger partial charge < -0.3 is 10.1 Å². The second-order valence-corrected chi connectivity index (χ2v) is 5.97. The number of benzene rings is 3. The van der Waals surface area contributed by atoms with Crippen LogP contribution in [-0.4, -0.2) is 18.4 Å². The second-order valence-electron chi connectivity index (χ2n) is 5.56. The molecule has 0 fully saturated rings. The summed E-state index contributed by atoms with van der Waals surface area (Å²) in [7, 11) is 1.72. The second kappa shape index (κ2) is 8.40. The molecule has 0 bridgehead atoms. The van der Waals surface area contributed by atoms with Gasteiger partial charge in [0.2, 0.25) is 0 Å². The van der Waals surface area contributed by atoms with Crippen molar-refractivity contribution in [2.75, 3.05) is 7.05 Å². The van der Waals surface area contributed by atoms with Crippen LogP contribution >= 0.6 is 12.2 Å². The number of ether oxygens (including phenoxy) is 1. The average Bonchev–Trinajstić information content (AvgIpc) is 2.68. The van der Waals surface area contributed by atoms with Gasteiger partial charge in [0.15, 0.2) is 5.11 Å². The van der Waals surface area contributed by atoms with Gasteiger partial charge in [-0.1, -0.05) is 42.5 Å². The van der Waals surface area contributed by atoms with E-state index in [4.69, 9.17) is 17.0 Å². The first kappa shape index (κ1) is 17.8. The van der Waals surface area contributed by atoms with E-state index in [9.17, 15) is 4.39 Å². The van der Waals surface area contributed by atoms with Crippen molar-refractivity contribution in [2.24, 2.45) is 5.10 Å². The van der Waals surface area contributed by atoms with Crippen molar-refractivity contribution in [2.45, 2.75) is 6.61 Å². The van der Waals surface area contributed by atoms with Crippen LogP contribution in [-0.2, 0) is 6.61 Å². The lowest BCUT2D eigenvalue weighted by atomic mass is 10.0. The number of hydrogen-bond acceptors (Lipinski definition) is 3. The summed E-state index contributed by atoms with van der Waals surface area (Å²) in [5.74, 6) is 0.424. The van der Waals surface area contributed by atoms with Crippen LogP contribution in [0.4, 0.5) is 4.39 Å². The van der Waals surface area contributed by atoms with Gasteiger partial charge in [0.05, 0.1) is 6.21 Å². The molecule has 0 aliphatic heterocycles. The van der Waals surface area contributed by atoms with Crippen molar-refractivity contribution in [1.82, 2.24) is 10.7 Å². The van der Waals surface area contributed by atoms with Crippen LogP contribution in [0.15, 0.2) is 65.8 Å². The van der Waals surface area contributed by atoms with Gasteiger partial charge in [-0.3, -0.25) is 5.43 Å². The van der Waals surface area contributed by atoms with Crippen LogP contribution in [0, 0.1) is 5.82 Å². The molecule has 132 valence electrons. The van der Waals surface area contributed by atoms with Crippen molar-refractivity contribution in [3.8, 4) is 5.75 Å². The highest BCUT2D eigenvalue weighted by Crippen LogP contribution is 2.27. The van der Waals surface area contributed by atoms with Crippen LogP contribution in [0.3, 0.4) is 0 Å². The predicted molar refractivity (Wildman–Crippen MR) is 107 cm³/mol. The number of thiocarbonyl (C=S) groups is 1. The van der Waals surface area contributed by atoms with Gasteiger partial charge in [0.1, 0.15) is 18.2 Å². The summed E-state index contributed by atoms with van der Waals surface area (Å²) >= 11 is 5.03. The molecule has 26 heavy (non-hydrogen) atoms. The minimum absolute atomic E-state index is 0.265. The van der Waals surface area contributed by atoms with Crippen molar-refractivity contribution in [3.63, 3.8) is 0 Å². The third-order valence-corrected chi connectivity index (χ3v) is 4.12. The fourth-order valence-electron chi connectivity index (χ4n) is 2.49. The quantitative estimate of drug-likeness (QED) is 0.407. The Bertz CT molecular complexity index is 941. The molecular weight excluding hydrogens is 349 g/mol. The molecule has 0 spiro atoms. The zero-order valence-electron chi connectivity index (χ0n) is 14.2. The first-order valence-electron chi connectivity index (χ1n) is 8.07. The van der Waals surface area contributed by atoms with Crippen molar-refractivity contribution in [1.29, 1.82) is 0 Å². The normalized spacial score (nSPS) is 10.8. The van der Waals surface area contributed by atoms with Crippen molar-refractivity contribution < 1.29 is 9.13 Å². The number of hydrogen-bond donors (Lipinski definition) is 2. The van der Waals surface area contributed by atoms with E-state index in [1.54, 1.807) is 25.4 Å². The van der Waals surface area contributed by atoms with Crippen LogP contribution in [0.5, 0.6) is 5.75 Å². The summed E-state index contributed by atoms with van der Waals surface area (Å²) in [5.41, 5.74) is 4.48. The Morgan fingerprint density at radius 3 is 2.65 bits per heavy atom. The summed E-state index contributed by atoms with van der Waals surface area (Å²) < 4.78 is 19.0. The highest BCUT2D eigenvalue weighted by atomic mass is 32.1. The Balaban J connectivity index is 1.89. The fourth-order valence-corrected chi connectivity index (χ4v) is 2.54. The van der Waals surface area contributed by atoms with Gasteiger partial charge in [-0.2, -0.15) is 5.10 Å². The number of halogens is 1. The van der Waals surface area contributed by atoms with Gasteiger partial charge in [-0.25, -0.2) is 4.39 Å². The van der Waals surface area contributed by atoms with Gasteiger partial charge in [0, 0.05) is 12.6 Å². The molecule has 3 rings (SSSR count). The molecule has 0 saturated heterocycles. The molecule has 0 heterocycles. The third kappa shape index (κ3) is 4.34. The van der Waals surface area contributed by atoms with E-state index in [-0.39, 0.29) is 5.82 Å². The molecule has 2 N–H and O–H groups in total. The topological polar surface area (TPSA) is 45.7 Å². The van der Waals surface area contributed by atoms with Gasteiger partial charge in [0.25, 0.3) is 0 Å². The van der Waals surface area contributed by atoms with Crippen molar-refractivity contribution >= 4 is 34.3 Å². The summed E-state index contributed by atoms with van der Waals surface area (Å²) in [4.78, 5) is 0. The highest BCUT2D eigenvalue weighted by molar-refractivity contribution is 7.80. The Labute approximate surface area is 156 Å². The Hall–Kier alpha value is -2.99. The van der Waals surface area contributed by atoms with E-state index in [0.29, 0.717) is 17.5 Å². The number of nitrogens with zero attached hydrogens (tertiary/aromatic N) is 1. The van der Waals surface area contributed by atoms with Crippen LogP contribution < -0.4 is 15.5 Å². The molecule has 0 aliphatic rings. The van der Waals surface area contributed by atoms with E-state index in [1.807, 2.05) is 36.4 Å². The van der Waals surface area contributed by atoms with Crippen molar-refractivity contribution in [3.05, 3.63) is 77.6 Å². The lowest BCUT2D eigenvalue weighted by Gasteiger charge is -2.12. The number of hydrazone groups is 1. The largest absolute Gasteiger partial charge is 0.488 e. The average molecular weight is 367 g/mol. The van der Waals surface area contributed by atoms with E-state index in [0.717, 1.165) is 21.9 Å². The molecule has 0 unspecified atom stereocenters. The maximum atomic E-state index is 13.0. The smallest absolute Gasteiger partial charge is 0.186 e. The standard InChI is InChI=1S/C20H18FN3OS/c1-22-20(26)24-23-12-18-17-5-3-2-4-15(17)8-11-19(18)25-13-14-6-9-16(21)10-7-14/h2-12H,13H2,1H3,(H2,22,24,26). The molecule has 6 heteroatoms. The van der Waals surface area contributed by atoms with Crippen LogP contribution in [0.25, 0.3) is 10.8 Å². The maximum absolute atomic E-state index is 13.0. The fraction of sp³-hybridized carbons (Fsp3) is 0.100. The van der Waals surface area contributed by atoms with E-state index >= 15 is 0 Å². The van der Waals surface area contributed by atoms with Gasteiger partial charge in [-0.05, 0) is 46.8 Å². The van der Waals surface area contributed by atoms with Gasteiger partial charge in [-0.15, -0.1) is 0 Å². The minimum atomic E-state index is -0.265. The van der Waals surface area contributed by atoms with Crippen LogP contribution in [0.2, 0.25) is 0 Å². The summed E-state index contributed by atoms with van der Waals surface area (Å²) in [5, 5.41) is 9.51. The highest BCUT2D eigenvalue weighted by Gasteiger charge is 2.08. The molecule has 0 amide bonds. The maximum Gasteiger partial charge on any atom is 0.186 e. The first-order chi connectivity index (χ1) is 12.7. The predicted octanol–water partition coefficient (Wildman–Crippen LogP) is 3.99. The Morgan fingerprint density at radius 2 is 1.88 bits per heavy atom. The monoisotopic (exact) mass is 367 g/mol. The summed E-state index contributed by atoms with van der Waals surface area (Å²) in [6, 6.07) is 18.1. The summed E-state index contributed by atoms with van der Waals surface area (Å²) in [6.07, 6.45) is 1.69. The Kier molecular flexibility index (Phi) is 5.76.